The van der Waals surface area contributed by atoms with Crippen molar-refractivity contribution in [2.24, 2.45) is 4.99 Å². The molecule has 0 saturated carbocycles. The van der Waals surface area contributed by atoms with E-state index in [9.17, 15) is 8.42 Å². The molecule has 2 aromatic carbocycles. The summed E-state index contributed by atoms with van der Waals surface area (Å²) in [7, 11) is -3.02. The summed E-state index contributed by atoms with van der Waals surface area (Å²) < 4.78 is 24.3. The number of hydrogen-bond donors (Lipinski definition) is 0. The Bertz CT molecular complexity index is 1010. The Balaban J connectivity index is 1.64. The maximum Gasteiger partial charge on any atom is 0.164 e. The summed E-state index contributed by atoms with van der Waals surface area (Å²) in [4.78, 5) is 6.97. The van der Waals surface area contributed by atoms with Crippen LogP contribution in [-0.2, 0) is 15.6 Å². The lowest BCUT2D eigenvalue weighted by molar-refractivity contribution is 0.601. The lowest BCUT2D eigenvalue weighted by Gasteiger charge is -2.27. The van der Waals surface area contributed by atoms with E-state index in [0.717, 1.165) is 16.6 Å². The Hall–Kier alpha value is -1.79. The van der Waals surface area contributed by atoms with Crippen LogP contribution in [0.1, 0.15) is 22.3 Å². The molecule has 2 atom stereocenters. The summed E-state index contributed by atoms with van der Waals surface area (Å²) in [6, 6.07) is 14.6. The van der Waals surface area contributed by atoms with Gasteiger partial charge in [0.2, 0.25) is 0 Å². The molecule has 142 valence electrons. The lowest BCUT2D eigenvalue weighted by atomic mass is 10.1. The van der Waals surface area contributed by atoms with E-state index in [1.807, 2.05) is 0 Å². The Morgan fingerprint density at radius 3 is 2.63 bits per heavy atom. The van der Waals surface area contributed by atoms with Gasteiger partial charge in [0.05, 0.1) is 23.6 Å². The van der Waals surface area contributed by atoms with Crippen molar-refractivity contribution in [3.8, 4) is 0 Å². The van der Waals surface area contributed by atoms with Gasteiger partial charge in [0, 0.05) is 11.4 Å². The van der Waals surface area contributed by atoms with Crippen LogP contribution in [0.3, 0.4) is 0 Å². The van der Waals surface area contributed by atoms with Crippen molar-refractivity contribution in [3.63, 3.8) is 0 Å². The number of amidine groups is 1. The van der Waals surface area contributed by atoms with Gasteiger partial charge >= 0.3 is 0 Å². The average molecular weight is 401 g/mol. The number of anilines is 1. The van der Waals surface area contributed by atoms with Gasteiger partial charge in [-0.1, -0.05) is 47.7 Å². The molecule has 2 aliphatic rings. The van der Waals surface area contributed by atoms with Gasteiger partial charge < -0.3 is 4.90 Å². The van der Waals surface area contributed by atoms with Crippen LogP contribution in [0.5, 0.6) is 0 Å². The fourth-order valence-corrected chi connectivity index (χ4v) is 6.67. The highest BCUT2D eigenvalue weighted by Crippen LogP contribution is 2.36. The number of aliphatic imine (C=N–C) groups is 1. The van der Waals surface area contributed by atoms with Crippen molar-refractivity contribution in [2.45, 2.75) is 38.6 Å². The third-order valence-electron chi connectivity index (χ3n) is 5.33. The van der Waals surface area contributed by atoms with Gasteiger partial charge in [-0.05, 0) is 49.6 Å². The molecule has 1 fully saturated rings. The molecule has 6 heteroatoms. The Morgan fingerprint density at radius 2 is 1.89 bits per heavy atom. The van der Waals surface area contributed by atoms with Crippen LogP contribution >= 0.6 is 11.8 Å². The van der Waals surface area contributed by atoms with Crippen LogP contribution in [0, 0.1) is 20.8 Å². The Labute approximate surface area is 165 Å². The molecule has 2 aliphatic heterocycles. The highest BCUT2D eigenvalue weighted by molar-refractivity contribution is 8.13. The highest BCUT2D eigenvalue weighted by Gasteiger charge is 2.47. The fraction of sp³-hybridized carbons (Fsp3) is 0.381. The summed E-state index contributed by atoms with van der Waals surface area (Å²) in [5.41, 5.74) is 5.99. The van der Waals surface area contributed by atoms with Crippen molar-refractivity contribution in [1.29, 1.82) is 0 Å². The van der Waals surface area contributed by atoms with Gasteiger partial charge in [-0.3, -0.25) is 4.99 Å². The molecule has 0 amide bonds. The first-order valence-electron chi connectivity index (χ1n) is 9.15. The molecule has 4 nitrogen and oxygen atoms in total. The molecule has 0 N–H and O–H groups in total. The number of hydrogen-bond acceptors (Lipinski definition) is 5. The largest absolute Gasteiger partial charge is 0.315 e. The average Bonchev–Trinajstić information content (AvgIpc) is 3.07. The summed E-state index contributed by atoms with van der Waals surface area (Å²) in [6.45, 7) is 6.28. The number of nitrogens with zero attached hydrogens (tertiary/aromatic N) is 2. The SMILES string of the molecule is Cc1cccc(CSC2=N[C@@H]3CS(=O)(=O)C[C@H]3N2c2ccc(C)c(C)c2)c1. The van der Waals surface area contributed by atoms with E-state index in [0.29, 0.717) is 0 Å². The van der Waals surface area contributed by atoms with Gasteiger partial charge in [0.15, 0.2) is 15.0 Å². The molecular formula is C21H24N2O2S2. The van der Waals surface area contributed by atoms with Crippen LogP contribution in [0.25, 0.3) is 0 Å². The number of thioether (sulfide) groups is 1. The normalized spacial score (nSPS) is 23.4. The van der Waals surface area contributed by atoms with Crippen LogP contribution in [-0.4, -0.2) is 37.2 Å². The third-order valence-corrected chi connectivity index (χ3v) is 8.06. The van der Waals surface area contributed by atoms with E-state index < -0.39 is 9.84 Å². The minimum absolute atomic E-state index is 0.0860. The second kappa shape index (κ2) is 6.99. The van der Waals surface area contributed by atoms with Gasteiger partial charge in [0.25, 0.3) is 0 Å². The topological polar surface area (TPSA) is 49.7 Å². The molecule has 27 heavy (non-hydrogen) atoms. The zero-order valence-electron chi connectivity index (χ0n) is 15.8. The van der Waals surface area contributed by atoms with Crippen molar-refractivity contribution in [3.05, 3.63) is 64.7 Å². The second-order valence-corrected chi connectivity index (χ2v) is 10.6. The molecule has 4 rings (SSSR count). The molecule has 0 bridgehead atoms. The highest BCUT2D eigenvalue weighted by atomic mass is 32.2. The summed E-state index contributed by atoms with van der Waals surface area (Å²) in [6.07, 6.45) is 0. The van der Waals surface area contributed by atoms with E-state index in [1.54, 1.807) is 11.8 Å². The summed E-state index contributed by atoms with van der Waals surface area (Å²) >= 11 is 1.70. The predicted octanol–water partition coefficient (Wildman–Crippen LogP) is 3.89. The number of rotatable bonds is 3. The zero-order chi connectivity index (χ0) is 19.2. The minimum Gasteiger partial charge on any atom is -0.315 e. The lowest BCUT2D eigenvalue weighted by Crippen LogP contribution is -2.39. The van der Waals surface area contributed by atoms with Crippen LogP contribution in [0.2, 0.25) is 0 Å². The maximum absolute atomic E-state index is 12.2. The van der Waals surface area contributed by atoms with E-state index >= 15 is 0 Å². The van der Waals surface area contributed by atoms with E-state index in [1.165, 1.54) is 22.3 Å². The van der Waals surface area contributed by atoms with Crippen LogP contribution in [0.15, 0.2) is 47.5 Å². The molecule has 0 unspecified atom stereocenters. The molecule has 0 radical (unpaired) electrons. The number of fused-ring (bicyclic) bond motifs is 1. The quantitative estimate of drug-likeness (QED) is 0.784. The molecule has 0 aliphatic carbocycles. The smallest absolute Gasteiger partial charge is 0.164 e. The number of benzene rings is 2. The van der Waals surface area contributed by atoms with E-state index in [-0.39, 0.29) is 23.6 Å². The van der Waals surface area contributed by atoms with Crippen molar-refractivity contribution in [1.82, 2.24) is 0 Å². The van der Waals surface area contributed by atoms with Crippen LogP contribution < -0.4 is 4.90 Å². The van der Waals surface area contributed by atoms with E-state index in [4.69, 9.17) is 4.99 Å². The monoisotopic (exact) mass is 400 g/mol. The van der Waals surface area contributed by atoms with Gasteiger partial charge in [0.1, 0.15) is 0 Å². The Morgan fingerprint density at radius 1 is 1.07 bits per heavy atom. The second-order valence-electron chi connectivity index (χ2n) is 7.54. The third kappa shape index (κ3) is 3.78. The predicted molar refractivity (Wildman–Crippen MR) is 115 cm³/mol. The first-order valence-corrected chi connectivity index (χ1v) is 12.0. The fourth-order valence-electron chi connectivity index (χ4n) is 3.76. The maximum atomic E-state index is 12.2. The van der Waals surface area contributed by atoms with Crippen molar-refractivity contribution >= 4 is 32.5 Å². The Kier molecular flexibility index (Phi) is 4.80. The molecule has 0 spiro atoms. The molecular weight excluding hydrogens is 376 g/mol. The van der Waals surface area contributed by atoms with Gasteiger partial charge in [-0.25, -0.2) is 8.42 Å². The zero-order valence-corrected chi connectivity index (χ0v) is 17.5. The summed E-state index contributed by atoms with van der Waals surface area (Å²) in [5, 5.41) is 0.935. The molecule has 2 aromatic rings. The standard InChI is InChI=1S/C21H24N2O2S2/c1-14-5-4-6-17(9-14)11-26-21-22-19-12-27(24,25)13-20(19)23(21)18-8-7-15(2)16(3)10-18/h4-10,19-20H,11-13H2,1-3H3/t19-,20-/m1/s1. The number of aryl methyl sites for hydroxylation is 3. The molecule has 0 aromatic heterocycles. The molecule has 2 heterocycles. The van der Waals surface area contributed by atoms with Crippen molar-refractivity contribution < 1.29 is 8.42 Å². The summed E-state index contributed by atoms with van der Waals surface area (Å²) in [5.74, 6) is 1.17. The first kappa shape index (κ1) is 18.6. The first-order chi connectivity index (χ1) is 12.8. The van der Waals surface area contributed by atoms with E-state index in [2.05, 4.69) is 68.1 Å². The van der Waals surface area contributed by atoms with Crippen LogP contribution in [0.4, 0.5) is 5.69 Å². The van der Waals surface area contributed by atoms with Gasteiger partial charge in [-0.2, -0.15) is 0 Å². The minimum atomic E-state index is -3.02. The van der Waals surface area contributed by atoms with Gasteiger partial charge in [-0.15, -0.1) is 0 Å². The van der Waals surface area contributed by atoms with Crippen molar-refractivity contribution in [2.75, 3.05) is 16.4 Å². The number of sulfone groups is 1. The molecule has 1 saturated heterocycles.